The summed E-state index contributed by atoms with van der Waals surface area (Å²) in [5.74, 6) is 0.147. The van der Waals surface area contributed by atoms with Gasteiger partial charge in [-0.1, -0.05) is 36.4 Å². The Kier molecular flexibility index (Phi) is 5.07. The number of aryl methyl sites for hydroxylation is 1. The first-order valence-electron chi connectivity index (χ1n) is 9.30. The maximum absolute atomic E-state index is 11.8. The van der Waals surface area contributed by atoms with Crippen LogP contribution in [-0.2, 0) is 13.1 Å². The van der Waals surface area contributed by atoms with Gasteiger partial charge in [-0.2, -0.15) is 10.1 Å². The van der Waals surface area contributed by atoms with Crippen molar-refractivity contribution in [2.75, 3.05) is 10.6 Å². The maximum Gasteiger partial charge on any atom is 0.254 e. The first-order valence-corrected chi connectivity index (χ1v) is 9.30. The number of carbonyl (C=O) groups excluding carboxylic acids is 1. The lowest BCUT2D eigenvalue weighted by Crippen LogP contribution is -2.17. The topological polar surface area (TPSA) is 111 Å². The monoisotopic (exact) mass is 387 g/mol. The SMILES string of the molecule is CCn1cc(Nc2ncc(C(N)=O)c(NCc3ccc4ccccc4c3)n2)cn1. The van der Waals surface area contributed by atoms with Crippen molar-refractivity contribution >= 4 is 34.1 Å². The lowest BCUT2D eigenvalue weighted by atomic mass is 10.1. The normalized spacial score (nSPS) is 10.8. The first kappa shape index (κ1) is 18.4. The number of hydrogen-bond acceptors (Lipinski definition) is 6. The third kappa shape index (κ3) is 4.16. The third-order valence-corrected chi connectivity index (χ3v) is 4.54. The molecule has 4 N–H and O–H groups in total. The van der Waals surface area contributed by atoms with Gasteiger partial charge >= 0.3 is 0 Å². The summed E-state index contributed by atoms with van der Waals surface area (Å²) in [7, 11) is 0. The van der Waals surface area contributed by atoms with E-state index >= 15 is 0 Å². The zero-order valence-electron chi connectivity index (χ0n) is 16.0. The summed E-state index contributed by atoms with van der Waals surface area (Å²) in [6.07, 6.45) is 4.97. The van der Waals surface area contributed by atoms with Gasteiger partial charge in [-0.3, -0.25) is 9.48 Å². The molecule has 29 heavy (non-hydrogen) atoms. The molecule has 0 aliphatic heterocycles. The second-order valence-electron chi connectivity index (χ2n) is 6.56. The molecule has 4 aromatic rings. The molecule has 0 radical (unpaired) electrons. The van der Waals surface area contributed by atoms with E-state index in [4.69, 9.17) is 5.73 Å². The van der Waals surface area contributed by atoms with E-state index in [1.54, 1.807) is 10.9 Å². The number of hydrogen-bond donors (Lipinski definition) is 3. The Bertz CT molecular complexity index is 1170. The summed E-state index contributed by atoms with van der Waals surface area (Å²) in [5.41, 5.74) is 7.56. The van der Waals surface area contributed by atoms with E-state index in [1.165, 1.54) is 11.6 Å². The van der Waals surface area contributed by atoms with Gasteiger partial charge in [0.2, 0.25) is 5.95 Å². The number of nitrogens with zero attached hydrogens (tertiary/aromatic N) is 4. The Balaban J connectivity index is 1.55. The minimum atomic E-state index is -0.587. The predicted molar refractivity (Wildman–Crippen MR) is 113 cm³/mol. The van der Waals surface area contributed by atoms with Crippen molar-refractivity contribution in [2.24, 2.45) is 5.73 Å². The molecule has 0 unspecified atom stereocenters. The predicted octanol–water partition coefficient (Wildman–Crippen LogP) is 3.30. The number of anilines is 3. The quantitative estimate of drug-likeness (QED) is 0.449. The highest BCUT2D eigenvalue weighted by atomic mass is 16.1. The van der Waals surface area contributed by atoms with Crippen molar-refractivity contribution in [3.8, 4) is 0 Å². The summed E-state index contributed by atoms with van der Waals surface area (Å²) in [6, 6.07) is 14.4. The molecule has 8 heteroatoms. The number of amides is 1. The van der Waals surface area contributed by atoms with Crippen LogP contribution >= 0.6 is 0 Å². The molecule has 0 aliphatic carbocycles. The minimum Gasteiger partial charge on any atom is -0.365 e. The third-order valence-electron chi connectivity index (χ3n) is 4.54. The molecule has 0 saturated heterocycles. The molecule has 2 heterocycles. The summed E-state index contributed by atoms with van der Waals surface area (Å²) in [6.45, 7) is 3.26. The van der Waals surface area contributed by atoms with Crippen molar-refractivity contribution in [3.05, 3.63) is 72.2 Å². The summed E-state index contributed by atoms with van der Waals surface area (Å²) in [5, 5.41) is 12.8. The van der Waals surface area contributed by atoms with Crippen molar-refractivity contribution in [2.45, 2.75) is 20.0 Å². The Morgan fingerprint density at radius 1 is 1.14 bits per heavy atom. The second kappa shape index (κ2) is 7.97. The smallest absolute Gasteiger partial charge is 0.254 e. The van der Waals surface area contributed by atoms with Gasteiger partial charge in [0.05, 0.1) is 17.4 Å². The van der Waals surface area contributed by atoms with Gasteiger partial charge in [-0.15, -0.1) is 0 Å². The zero-order valence-corrected chi connectivity index (χ0v) is 16.0. The average Bonchev–Trinajstić information content (AvgIpc) is 3.19. The van der Waals surface area contributed by atoms with E-state index in [-0.39, 0.29) is 5.56 Å². The van der Waals surface area contributed by atoms with Crippen LogP contribution in [0.15, 0.2) is 61.1 Å². The summed E-state index contributed by atoms with van der Waals surface area (Å²) >= 11 is 0. The molecule has 4 rings (SSSR count). The summed E-state index contributed by atoms with van der Waals surface area (Å²) in [4.78, 5) is 20.4. The first-order chi connectivity index (χ1) is 14.1. The fourth-order valence-corrected chi connectivity index (χ4v) is 3.02. The van der Waals surface area contributed by atoms with Gasteiger partial charge in [0, 0.05) is 25.5 Å². The van der Waals surface area contributed by atoms with Crippen LogP contribution in [0.5, 0.6) is 0 Å². The Morgan fingerprint density at radius 3 is 2.72 bits per heavy atom. The Hall–Kier alpha value is -3.94. The molecular weight excluding hydrogens is 366 g/mol. The molecule has 2 aromatic heterocycles. The van der Waals surface area contributed by atoms with Crippen LogP contribution in [0.25, 0.3) is 10.8 Å². The van der Waals surface area contributed by atoms with E-state index in [9.17, 15) is 4.79 Å². The fourth-order valence-electron chi connectivity index (χ4n) is 3.02. The molecule has 0 bridgehead atoms. The number of nitrogens with two attached hydrogens (primary N) is 1. The molecule has 0 aliphatic rings. The lowest BCUT2D eigenvalue weighted by Gasteiger charge is -2.11. The Labute approximate surface area is 167 Å². The number of carbonyl (C=O) groups is 1. The maximum atomic E-state index is 11.8. The highest BCUT2D eigenvalue weighted by Gasteiger charge is 2.13. The Morgan fingerprint density at radius 2 is 1.97 bits per heavy atom. The minimum absolute atomic E-state index is 0.237. The van der Waals surface area contributed by atoms with Crippen molar-refractivity contribution < 1.29 is 4.79 Å². The van der Waals surface area contributed by atoms with Crippen molar-refractivity contribution in [1.82, 2.24) is 19.7 Å². The van der Waals surface area contributed by atoms with E-state index in [2.05, 4.69) is 50.0 Å². The summed E-state index contributed by atoms with van der Waals surface area (Å²) < 4.78 is 1.79. The van der Waals surface area contributed by atoms with E-state index in [0.717, 1.165) is 23.2 Å². The second-order valence-corrected chi connectivity index (χ2v) is 6.56. The van der Waals surface area contributed by atoms with Crippen molar-refractivity contribution in [3.63, 3.8) is 0 Å². The van der Waals surface area contributed by atoms with Crippen molar-refractivity contribution in [1.29, 1.82) is 0 Å². The molecule has 0 fully saturated rings. The van der Waals surface area contributed by atoms with Crippen LogP contribution in [-0.4, -0.2) is 25.7 Å². The molecule has 0 atom stereocenters. The van der Waals surface area contributed by atoms with E-state index in [0.29, 0.717) is 18.3 Å². The van der Waals surface area contributed by atoms with Crippen LogP contribution in [0.1, 0.15) is 22.8 Å². The molecule has 2 aromatic carbocycles. The van der Waals surface area contributed by atoms with Crippen LogP contribution in [0.4, 0.5) is 17.5 Å². The van der Waals surface area contributed by atoms with Gasteiger partial charge in [0.25, 0.3) is 5.91 Å². The molecule has 0 saturated carbocycles. The standard InChI is InChI=1S/C21H21N7O/c1-2-28-13-17(11-25-28)26-21-24-12-18(19(22)29)20(27-21)23-10-14-7-8-15-5-3-4-6-16(15)9-14/h3-9,11-13H,2,10H2,1H3,(H2,22,29)(H2,23,24,26,27). The number of primary amides is 1. The highest BCUT2D eigenvalue weighted by Crippen LogP contribution is 2.20. The zero-order chi connectivity index (χ0) is 20.2. The molecule has 146 valence electrons. The van der Waals surface area contributed by atoms with Gasteiger partial charge in [0.1, 0.15) is 5.82 Å². The number of benzene rings is 2. The molecule has 8 nitrogen and oxygen atoms in total. The molecular formula is C21H21N7O. The molecule has 1 amide bonds. The highest BCUT2D eigenvalue weighted by molar-refractivity contribution is 5.97. The average molecular weight is 387 g/mol. The number of fused-ring (bicyclic) bond motifs is 1. The number of rotatable bonds is 7. The van der Waals surface area contributed by atoms with E-state index in [1.807, 2.05) is 31.3 Å². The van der Waals surface area contributed by atoms with Gasteiger partial charge in [0.15, 0.2) is 0 Å². The van der Waals surface area contributed by atoms with E-state index < -0.39 is 5.91 Å². The van der Waals surface area contributed by atoms with Crippen LogP contribution in [0.3, 0.4) is 0 Å². The van der Waals surface area contributed by atoms with Crippen LogP contribution in [0, 0.1) is 0 Å². The van der Waals surface area contributed by atoms with Gasteiger partial charge in [-0.05, 0) is 29.3 Å². The number of nitrogens with one attached hydrogen (secondary N) is 2. The van der Waals surface area contributed by atoms with Gasteiger partial charge < -0.3 is 16.4 Å². The van der Waals surface area contributed by atoms with Gasteiger partial charge in [-0.25, -0.2) is 4.98 Å². The largest absolute Gasteiger partial charge is 0.365 e. The van der Waals surface area contributed by atoms with Crippen LogP contribution < -0.4 is 16.4 Å². The molecule has 0 spiro atoms. The fraction of sp³-hybridized carbons (Fsp3) is 0.143. The van der Waals surface area contributed by atoms with Crippen LogP contribution in [0.2, 0.25) is 0 Å². The number of aromatic nitrogens is 4. The lowest BCUT2D eigenvalue weighted by molar-refractivity contribution is 0.100.